The highest BCUT2D eigenvalue weighted by Gasteiger charge is 2.34. The summed E-state index contributed by atoms with van der Waals surface area (Å²) in [6, 6.07) is 19.9. The average molecular weight is 437 g/mol. The Hall–Kier alpha value is -3.36. The molecule has 6 nitrogen and oxygen atoms in total. The number of thioether (sulfide) groups is 1. The van der Waals surface area contributed by atoms with Crippen molar-refractivity contribution < 1.29 is 18.7 Å². The smallest absolute Gasteiger partial charge is 0.285 e. The molecule has 30 heavy (non-hydrogen) atoms. The maximum atomic E-state index is 12.6. The summed E-state index contributed by atoms with van der Waals surface area (Å²) >= 11 is 6.32. The van der Waals surface area contributed by atoms with Crippen LogP contribution in [0, 0.1) is 0 Å². The molecule has 3 aromatic rings. The van der Waals surface area contributed by atoms with Crippen LogP contribution in [0.3, 0.4) is 0 Å². The third-order valence-electron chi connectivity index (χ3n) is 4.19. The van der Waals surface area contributed by atoms with E-state index in [0.717, 1.165) is 22.3 Å². The van der Waals surface area contributed by atoms with Gasteiger partial charge in [-0.2, -0.15) is 5.01 Å². The van der Waals surface area contributed by atoms with Gasteiger partial charge >= 0.3 is 0 Å². The number of nitrogens with one attached hydrogen (secondary N) is 1. The molecule has 1 N–H and O–H groups in total. The number of benzene rings is 2. The number of rotatable bonds is 6. The summed E-state index contributed by atoms with van der Waals surface area (Å²) in [6.45, 7) is 0.435. The van der Waals surface area contributed by atoms with E-state index in [1.807, 2.05) is 30.3 Å². The van der Waals surface area contributed by atoms with E-state index in [1.54, 1.807) is 42.5 Å². The number of carbonyl (C=O) groups excluding carboxylic acids is 2. The first-order valence-corrected chi connectivity index (χ1v) is 10.2. The highest BCUT2D eigenvalue weighted by atomic mass is 32.2. The van der Waals surface area contributed by atoms with Gasteiger partial charge in [0.2, 0.25) is 0 Å². The molecular weight excluding hydrogens is 420 g/mol. The average Bonchev–Trinajstić information content (AvgIpc) is 3.37. The summed E-state index contributed by atoms with van der Waals surface area (Å²) in [4.78, 5) is 25.5. The molecule has 0 radical (unpaired) electrons. The highest BCUT2D eigenvalue weighted by molar-refractivity contribution is 8.26. The monoisotopic (exact) mass is 436 g/mol. The molecule has 150 valence electrons. The van der Waals surface area contributed by atoms with Crippen LogP contribution in [0.1, 0.15) is 21.7 Å². The molecule has 1 aliphatic rings. The first-order chi connectivity index (χ1) is 14.6. The summed E-state index contributed by atoms with van der Waals surface area (Å²) in [7, 11) is 0. The van der Waals surface area contributed by atoms with Crippen molar-refractivity contribution in [2.45, 2.75) is 6.61 Å². The third-order valence-corrected chi connectivity index (χ3v) is 5.49. The normalized spacial score (nSPS) is 14.9. The van der Waals surface area contributed by atoms with E-state index >= 15 is 0 Å². The van der Waals surface area contributed by atoms with E-state index in [9.17, 15) is 9.59 Å². The Labute approximate surface area is 182 Å². The summed E-state index contributed by atoms with van der Waals surface area (Å²) in [6.07, 6.45) is 3.10. The highest BCUT2D eigenvalue weighted by Crippen LogP contribution is 2.31. The van der Waals surface area contributed by atoms with E-state index in [0.29, 0.717) is 28.6 Å². The number of ether oxygens (including phenoxy) is 1. The van der Waals surface area contributed by atoms with Crippen LogP contribution in [-0.4, -0.2) is 21.1 Å². The van der Waals surface area contributed by atoms with Crippen LogP contribution in [0.25, 0.3) is 6.08 Å². The zero-order valence-electron chi connectivity index (χ0n) is 15.6. The second kappa shape index (κ2) is 8.98. The van der Waals surface area contributed by atoms with E-state index in [4.69, 9.17) is 21.4 Å². The molecule has 0 atom stereocenters. The number of nitrogens with zero attached hydrogens (tertiary/aromatic N) is 1. The Kier molecular flexibility index (Phi) is 5.97. The lowest BCUT2D eigenvalue weighted by atomic mass is 10.2. The fraction of sp³-hybridized carbons (Fsp3) is 0.0455. The molecule has 0 aliphatic carbocycles. The fourth-order valence-corrected chi connectivity index (χ4v) is 3.84. The number of hydrogen-bond acceptors (Lipinski definition) is 6. The van der Waals surface area contributed by atoms with Gasteiger partial charge in [0, 0.05) is 11.6 Å². The zero-order chi connectivity index (χ0) is 20.9. The largest absolute Gasteiger partial charge is 0.489 e. The van der Waals surface area contributed by atoms with Crippen molar-refractivity contribution in [1.82, 2.24) is 10.4 Å². The van der Waals surface area contributed by atoms with Crippen LogP contribution in [0.2, 0.25) is 0 Å². The van der Waals surface area contributed by atoms with Crippen molar-refractivity contribution in [2.75, 3.05) is 0 Å². The molecule has 2 amide bonds. The van der Waals surface area contributed by atoms with Gasteiger partial charge in [-0.15, -0.1) is 0 Å². The van der Waals surface area contributed by atoms with Crippen molar-refractivity contribution in [3.63, 3.8) is 0 Å². The van der Waals surface area contributed by atoms with Gasteiger partial charge in [-0.3, -0.25) is 15.0 Å². The Bertz CT molecular complexity index is 1090. The first kappa shape index (κ1) is 19.9. The quantitative estimate of drug-likeness (QED) is 0.456. The minimum atomic E-state index is -0.444. The molecule has 8 heteroatoms. The lowest BCUT2D eigenvalue weighted by Crippen LogP contribution is -2.44. The van der Waals surface area contributed by atoms with Gasteiger partial charge in [-0.05, 0) is 54.2 Å². The Morgan fingerprint density at radius 1 is 1.10 bits per heavy atom. The molecule has 1 aromatic heterocycles. The summed E-state index contributed by atoms with van der Waals surface area (Å²) < 4.78 is 11.2. The van der Waals surface area contributed by atoms with Crippen molar-refractivity contribution in [3.8, 4) is 5.75 Å². The number of furan rings is 1. The van der Waals surface area contributed by atoms with Crippen LogP contribution in [0.15, 0.2) is 82.3 Å². The van der Waals surface area contributed by atoms with Crippen molar-refractivity contribution in [1.29, 1.82) is 0 Å². The minimum Gasteiger partial charge on any atom is -0.489 e. The first-order valence-electron chi connectivity index (χ1n) is 8.99. The number of thiocarbonyl (C=S) groups is 1. The van der Waals surface area contributed by atoms with Crippen LogP contribution >= 0.6 is 24.0 Å². The van der Waals surface area contributed by atoms with E-state index < -0.39 is 11.8 Å². The predicted molar refractivity (Wildman–Crippen MR) is 118 cm³/mol. The molecule has 1 aliphatic heterocycles. The standard InChI is InChI=1S/C22H16N2O4S2/c25-20(16-8-10-17(11-9-16)28-14-15-5-2-1-3-6-15)23-24-21(26)19(30-22(24)29)13-18-7-4-12-27-18/h1-13H,14H2,(H,23,25). The van der Waals surface area contributed by atoms with Gasteiger partial charge in [0.15, 0.2) is 4.32 Å². The van der Waals surface area contributed by atoms with E-state index in [2.05, 4.69) is 5.43 Å². The maximum absolute atomic E-state index is 12.6. The van der Waals surface area contributed by atoms with E-state index in [-0.39, 0.29) is 4.32 Å². The van der Waals surface area contributed by atoms with Gasteiger partial charge < -0.3 is 9.15 Å². The number of carbonyl (C=O) groups is 2. The fourth-order valence-electron chi connectivity index (χ4n) is 2.68. The number of hydrazine groups is 1. The third kappa shape index (κ3) is 4.61. The molecule has 1 saturated heterocycles. The van der Waals surface area contributed by atoms with Crippen LogP contribution in [0.4, 0.5) is 0 Å². The molecule has 0 saturated carbocycles. The van der Waals surface area contributed by atoms with Gasteiger partial charge in [0.25, 0.3) is 11.8 Å². The van der Waals surface area contributed by atoms with Gasteiger partial charge in [-0.1, -0.05) is 42.1 Å². The molecule has 4 rings (SSSR count). The number of hydrogen-bond donors (Lipinski definition) is 1. The molecule has 0 bridgehead atoms. The van der Waals surface area contributed by atoms with Crippen LogP contribution in [0.5, 0.6) is 5.75 Å². The topological polar surface area (TPSA) is 71.8 Å². The molecule has 0 spiro atoms. The number of amides is 2. The predicted octanol–water partition coefficient (Wildman–Crippen LogP) is 4.40. The zero-order valence-corrected chi connectivity index (χ0v) is 17.2. The summed E-state index contributed by atoms with van der Waals surface area (Å²) in [5.41, 5.74) is 3.98. The molecule has 0 unspecified atom stereocenters. The van der Waals surface area contributed by atoms with Crippen LogP contribution in [-0.2, 0) is 11.4 Å². The Balaban J connectivity index is 1.37. The molecule has 2 aromatic carbocycles. The Morgan fingerprint density at radius 2 is 1.87 bits per heavy atom. The van der Waals surface area contributed by atoms with Crippen molar-refractivity contribution >= 4 is 46.2 Å². The van der Waals surface area contributed by atoms with Gasteiger partial charge in [0.05, 0.1) is 11.2 Å². The Morgan fingerprint density at radius 3 is 2.57 bits per heavy atom. The minimum absolute atomic E-state index is 0.244. The van der Waals surface area contributed by atoms with Crippen molar-refractivity contribution in [2.24, 2.45) is 0 Å². The lowest BCUT2D eigenvalue weighted by molar-refractivity contribution is -0.123. The van der Waals surface area contributed by atoms with Gasteiger partial charge in [-0.25, -0.2) is 0 Å². The summed E-state index contributed by atoms with van der Waals surface area (Å²) in [5, 5.41) is 1.07. The summed E-state index contributed by atoms with van der Waals surface area (Å²) in [5.74, 6) is 0.327. The van der Waals surface area contributed by atoms with E-state index in [1.165, 1.54) is 6.26 Å². The molecule has 1 fully saturated rings. The maximum Gasteiger partial charge on any atom is 0.285 e. The lowest BCUT2D eigenvalue weighted by Gasteiger charge is -2.15. The van der Waals surface area contributed by atoms with Crippen LogP contribution < -0.4 is 10.2 Å². The van der Waals surface area contributed by atoms with Gasteiger partial charge in [0.1, 0.15) is 18.1 Å². The SMILES string of the molecule is O=C(NN1C(=O)C(=Cc2ccco2)SC1=S)c1ccc(OCc2ccccc2)cc1. The molecular formula is C22H16N2O4S2. The van der Waals surface area contributed by atoms with Crippen molar-refractivity contribution in [3.05, 3.63) is 94.8 Å². The molecule has 2 heterocycles. The second-order valence-electron chi connectivity index (χ2n) is 6.27. The second-order valence-corrected chi connectivity index (χ2v) is 7.95.